The van der Waals surface area contributed by atoms with Gasteiger partial charge in [-0.3, -0.25) is 4.79 Å². The summed E-state index contributed by atoms with van der Waals surface area (Å²) in [5.41, 5.74) is -0.121. The number of benzene rings is 3. The Bertz CT molecular complexity index is 1580. The van der Waals surface area contributed by atoms with Crippen LogP contribution in [0.5, 0.6) is 5.75 Å². The molecule has 35 heavy (non-hydrogen) atoms. The van der Waals surface area contributed by atoms with Crippen molar-refractivity contribution in [3.05, 3.63) is 112 Å². The first-order valence-corrected chi connectivity index (χ1v) is 10.8. The molecule has 0 bridgehead atoms. The number of hydrogen-bond acceptors (Lipinski definition) is 4. The number of para-hydroxylation sites is 1. The molecular weight excluding hydrogens is 481 g/mol. The fourth-order valence-corrected chi connectivity index (χ4v) is 3.92. The van der Waals surface area contributed by atoms with Crippen LogP contribution in [0.1, 0.15) is 11.3 Å². The van der Waals surface area contributed by atoms with E-state index in [1.165, 1.54) is 36.4 Å². The molecule has 0 unspecified atom stereocenters. The number of nitrogens with zero attached hydrogens (tertiary/aromatic N) is 2. The van der Waals surface area contributed by atoms with Crippen molar-refractivity contribution in [2.24, 2.45) is 0 Å². The zero-order valence-corrected chi connectivity index (χ0v) is 18.7. The summed E-state index contributed by atoms with van der Waals surface area (Å²) in [7, 11) is 0. The predicted octanol–water partition coefficient (Wildman–Crippen LogP) is 6.90. The van der Waals surface area contributed by atoms with E-state index in [0.717, 1.165) is 11.3 Å². The largest absolute Gasteiger partial charge is 0.489 e. The average Bonchev–Trinajstić information content (AvgIpc) is 3.32. The normalized spacial score (nSPS) is 11.7. The van der Waals surface area contributed by atoms with Gasteiger partial charge in [0, 0.05) is 28.4 Å². The Hall–Kier alpha value is -4.04. The second kappa shape index (κ2) is 8.96. The average molecular weight is 497 g/mol. The Morgan fingerprint density at radius 1 is 1.00 bits per heavy atom. The number of fused-ring (bicyclic) bond motifs is 1. The molecule has 0 amide bonds. The van der Waals surface area contributed by atoms with Gasteiger partial charge < -0.3 is 9.15 Å². The van der Waals surface area contributed by atoms with Crippen LogP contribution in [0.4, 0.5) is 13.2 Å². The van der Waals surface area contributed by atoms with Crippen molar-refractivity contribution in [3.8, 4) is 22.6 Å². The van der Waals surface area contributed by atoms with Crippen LogP contribution in [0.25, 0.3) is 27.8 Å². The summed E-state index contributed by atoms with van der Waals surface area (Å²) in [4.78, 5) is 13.1. The minimum absolute atomic E-state index is 0.0145. The molecule has 2 heterocycles. The van der Waals surface area contributed by atoms with Gasteiger partial charge in [0.2, 0.25) is 11.2 Å². The monoisotopic (exact) mass is 496 g/mol. The summed E-state index contributed by atoms with van der Waals surface area (Å²) in [5.74, 6) is -1.17. The summed E-state index contributed by atoms with van der Waals surface area (Å²) >= 11 is 6.09. The predicted molar refractivity (Wildman–Crippen MR) is 126 cm³/mol. The Morgan fingerprint density at radius 3 is 2.49 bits per heavy atom. The summed E-state index contributed by atoms with van der Waals surface area (Å²) in [6.45, 7) is 0.117. The van der Waals surface area contributed by atoms with Crippen LogP contribution in [-0.4, -0.2) is 9.78 Å². The molecule has 0 aliphatic carbocycles. The fraction of sp³-hybridized carbons (Fsp3) is 0.0769. The van der Waals surface area contributed by atoms with Gasteiger partial charge in [0.1, 0.15) is 17.9 Å². The number of alkyl halides is 3. The Balaban J connectivity index is 1.49. The van der Waals surface area contributed by atoms with Gasteiger partial charge in [-0.05, 0) is 30.3 Å². The van der Waals surface area contributed by atoms with Gasteiger partial charge in [-0.25, -0.2) is 4.68 Å². The zero-order chi connectivity index (χ0) is 24.6. The molecule has 5 nitrogen and oxygen atoms in total. The minimum atomic E-state index is -4.91. The highest BCUT2D eigenvalue weighted by Gasteiger charge is 2.39. The van der Waals surface area contributed by atoms with Crippen LogP contribution in [-0.2, 0) is 12.8 Å². The molecule has 0 aliphatic heterocycles. The van der Waals surface area contributed by atoms with Gasteiger partial charge in [-0.15, -0.1) is 0 Å². The minimum Gasteiger partial charge on any atom is -0.489 e. The third-order valence-corrected chi connectivity index (χ3v) is 5.66. The first-order chi connectivity index (χ1) is 16.8. The molecule has 9 heteroatoms. The van der Waals surface area contributed by atoms with Crippen molar-refractivity contribution >= 4 is 22.6 Å². The highest BCUT2D eigenvalue weighted by molar-refractivity contribution is 6.33. The van der Waals surface area contributed by atoms with E-state index in [2.05, 4.69) is 5.10 Å². The first-order valence-electron chi connectivity index (χ1n) is 10.5. The second-order valence-electron chi connectivity index (χ2n) is 7.69. The molecule has 5 aromatic rings. The number of halogens is 4. The number of rotatable bonds is 5. The molecule has 2 aromatic heterocycles. The molecule has 0 radical (unpaired) electrons. The SMILES string of the molecule is O=c1c(-c2ccccc2Cl)c(C(F)(F)F)oc2cc(OCc3cnn(-c4ccccc4)c3)ccc12. The highest BCUT2D eigenvalue weighted by Crippen LogP contribution is 2.39. The Kier molecular flexibility index (Phi) is 5.82. The van der Waals surface area contributed by atoms with E-state index in [4.69, 9.17) is 20.8 Å². The standard InChI is InChI=1S/C26H16ClF3N2O3/c27-21-9-5-4-8-19(21)23-24(33)20-11-10-18(12-22(20)35-25(23)26(28,29)30)34-15-16-13-31-32(14-16)17-6-2-1-3-7-17/h1-14H,15H2. The van der Waals surface area contributed by atoms with Crippen molar-refractivity contribution in [2.45, 2.75) is 12.8 Å². The fourth-order valence-electron chi connectivity index (χ4n) is 3.69. The van der Waals surface area contributed by atoms with Crippen molar-refractivity contribution in [1.82, 2.24) is 9.78 Å². The van der Waals surface area contributed by atoms with Crippen LogP contribution in [0, 0.1) is 0 Å². The lowest BCUT2D eigenvalue weighted by Crippen LogP contribution is -2.16. The molecule has 0 N–H and O–H groups in total. The Morgan fingerprint density at radius 2 is 1.74 bits per heavy atom. The van der Waals surface area contributed by atoms with Gasteiger partial charge in [-0.1, -0.05) is 48.0 Å². The van der Waals surface area contributed by atoms with Crippen molar-refractivity contribution in [3.63, 3.8) is 0 Å². The molecule has 0 saturated heterocycles. The van der Waals surface area contributed by atoms with Crippen molar-refractivity contribution in [2.75, 3.05) is 0 Å². The van der Waals surface area contributed by atoms with Gasteiger partial charge in [0.15, 0.2) is 0 Å². The maximum Gasteiger partial charge on any atom is 0.450 e. The Labute approximate surface area is 202 Å². The van der Waals surface area contributed by atoms with Gasteiger partial charge in [0.05, 0.1) is 22.8 Å². The second-order valence-corrected chi connectivity index (χ2v) is 8.10. The highest BCUT2D eigenvalue weighted by atomic mass is 35.5. The summed E-state index contributed by atoms with van der Waals surface area (Å²) in [5, 5.41) is 4.28. The lowest BCUT2D eigenvalue weighted by atomic mass is 10.0. The summed E-state index contributed by atoms with van der Waals surface area (Å²) < 4.78 is 54.2. The zero-order valence-electron chi connectivity index (χ0n) is 17.9. The number of ether oxygens (including phenoxy) is 1. The maximum atomic E-state index is 13.9. The molecule has 0 spiro atoms. The van der Waals surface area contributed by atoms with Crippen LogP contribution >= 0.6 is 11.6 Å². The smallest absolute Gasteiger partial charge is 0.450 e. The third-order valence-electron chi connectivity index (χ3n) is 5.33. The van der Waals surface area contributed by atoms with E-state index >= 15 is 0 Å². The van der Waals surface area contributed by atoms with Crippen molar-refractivity contribution < 1.29 is 22.3 Å². The lowest BCUT2D eigenvalue weighted by molar-refractivity contribution is -0.152. The van der Waals surface area contributed by atoms with Crippen LogP contribution in [0.15, 0.2) is 94.4 Å². The van der Waals surface area contributed by atoms with Crippen molar-refractivity contribution in [1.29, 1.82) is 0 Å². The molecule has 0 atom stereocenters. The van der Waals surface area contributed by atoms with E-state index in [0.29, 0.717) is 0 Å². The summed E-state index contributed by atoms with van der Waals surface area (Å²) in [6.07, 6.45) is -1.50. The van der Waals surface area contributed by atoms with E-state index in [1.54, 1.807) is 23.1 Å². The van der Waals surface area contributed by atoms with Crippen LogP contribution in [0.2, 0.25) is 5.02 Å². The molecular formula is C26H16ClF3N2O3. The molecule has 3 aromatic carbocycles. The van der Waals surface area contributed by atoms with E-state index in [9.17, 15) is 18.0 Å². The topological polar surface area (TPSA) is 57.3 Å². The number of hydrogen-bond donors (Lipinski definition) is 0. The quantitative estimate of drug-likeness (QED) is 0.266. The van der Waals surface area contributed by atoms with Gasteiger partial charge in [0.25, 0.3) is 0 Å². The summed E-state index contributed by atoms with van der Waals surface area (Å²) in [6, 6.07) is 19.5. The first kappa shape index (κ1) is 22.7. The van der Waals surface area contributed by atoms with E-state index < -0.39 is 22.9 Å². The third kappa shape index (κ3) is 4.52. The van der Waals surface area contributed by atoms with Gasteiger partial charge in [-0.2, -0.15) is 18.3 Å². The van der Waals surface area contributed by atoms with Gasteiger partial charge >= 0.3 is 6.18 Å². The van der Waals surface area contributed by atoms with Crippen LogP contribution in [0.3, 0.4) is 0 Å². The molecule has 5 rings (SSSR count). The number of aromatic nitrogens is 2. The molecule has 0 saturated carbocycles. The molecule has 176 valence electrons. The van der Waals surface area contributed by atoms with Crippen LogP contribution < -0.4 is 10.2 Å². The van der Waals surface area contributed by atoms with E-state index in [1.807, 2.05) is 30.3 Å². The lowest BCUT2D eigenvalue weighted by Gasteiger charge is -2.14. The van der Waals surface area contributed by atoms with E-state index in [-0.39, 0.29) is 33.9 Å². The maximum absolute atomic E-state index is 13.9. The molecule has 0 aliphatic rings. The molecule has 0 fully saturated rings.